The maximum absolute atomic E-state index is 11.4. The zero-order chi connectivity index (χ0) is 17.6. The summed E-state index contributed by atoms with van der Waals surface area (Å²) in [6.45, 7) is 4.48. The van der Waals surface area contributed by atoms with Crippen LogP contribution in [0.15, 0.2) is 31.3 Å². The topological polar surface area (TPSA) is 96.1 Å². The van der Waals surface area contributed by atoms with Crippen molar-refractivity contribution in [2.75, 3.05) is 0 Å². The van der Waals surface area contributed by atoms with Gasteiger partial charge in [0.15, 0.2) is 11.6 Å². The predicted molar refractivity (Wildman–Crippen MR) is 90.5 cm³/mol. The molecule has 1 atom stereocenters. The third-order valence-corrected chi connectivity index (χ3v) is 4.74. The van der Waals surface area contributed by atoms with Gasteiger partial charge in [0.1, 0.15) is 0 Å². The van der Waals surface area contributed by atoms with E-state index in [4.69, 9.17) is 0 Å². The van der Waals surface area contributed by atoms with Crippen LogP contribution >= 0.6 is 0 Å². The van der Waals surface area contributed by atoms with Crippen LogP contribution in [0.5, 0.6) is 0 Å². The van der Waals surface area contributed by atoms with E-state index >= 15 is 0 Å². The Hall–Kier alpha value is -2.38. The second-order valence-corrected chi connectivity index (χ2v) is 6.49. The van der Waals surface area contributed by atoms with Gasteiger partial charge in [0.2, 0.25) is 0 Å². The molecule has 2 aliphatic rings. The third kappa shape index (κ3) is 4.00. The molecule has 0 amide bonds. The van der Waals surface area contributed by atoms with E-state index in [2.05, 4.69) is 25.9 Å². The highest BCUT2D eigenvalue weighted by atomic mass is 16.5. The van der Waals surface area contributed by atoms with Crippen molar-refractivity contribution in [3.8, 4) is 0 Å². The quantitative estimate of drug-likeness (QED) is 0.772. The van der Waals surface area contributed by atoms with Crippen LogP contribution in [0.25, 0.3) is 0 Å². The first kappa shape index (κ1) is 17.4. The average molecular weight is 348 g/mol. The summed E-state index contributed by atoms with van der Waals surface area (Å²) in [5, 5.41) is 7.48. The molecule has 2 aromatic rings. The van der Waals surface area contributed by atoms with Gasteiger partial charge < -0.3 is 0 Å². The summed E-state index contributed by atoms with van der Waals surface area (Å²) in [6.07, 6.45) is 11.0. The van der Waals surface area contributed by atoms with Crippen molar-refractivity contribution in [2.45, 2.75) is 70.4 Å². The highest BCUT2D eigenvalue weighted by Crippen LogP contribution is 2.23. The minimum Gasteiger partial charge on any atom is -0.296 e. The van der Waals surface area contributed by atoms with E-state index in [0.29, 0.717) is 0 Å². The molecule has 136 valence electrons. The van der Waals surface area contributed by atoms with Crippen LogP contribution in [0.3, 0.4) is 0 Å². The largest absolute Gasteiger partial charge is 0.441 e. The molecule has 4 rings (SSSR count). The van der Waals surface area contributed by atoms with Gasteiger partial charge in [-0.05, 0) is 32.1 Å². The number of fused-ring (bicyclic) bond motifs is 2. The van der Waals surface area contributed by atoms with Crippen molar-refractivity contribution in [2.24, 2.45) is 0 Å². The van der Waals surface area contributed by atoms with Crippen molar-refractivity contribution in [1.29, 1.82) is 0 Å². The molecule has 0 bridgehead atoms. The number of hydrogen-bond acceptors (Lipinski definition) is 6. The monoisotopic (exact) mass is 348 g/mol. The third-order valence-electron chi connectivity index (χ3n) is 4.74. The normalized spacial score (nSPS) is 19.6. The molecule has 0 spiro atoms. The first-order valence-corrected chi connectivity index (χ1v) is 8.94. The fraction of sp³-hybridized carbons (Fsp3) is 0.647. The van der Waals surface area contributed by atoms with Crippen LogP contribution in [0.4, 0.5) is 0 Å². The lowest BCUT2D eigenvalue weighted by atomic mass is 10.1. The van der Waals surface area contributed by atoms with Crippen molar-refractivity contribution in [3.05, 3.63) is 45.4 Å². The van der Waals surface area contributed by atoms with Gasteiger partial charge in [0.25, 0.3) is 0 Å². The van der Waals surface area contributed by atoms with Gasteiger partial charge in [-0.15, -0.1) is 6.58 Å². The molecule has 8 nitrogen and oxygen atoms in total. The lowest BCUT2D eigenvalue weighted by Crippen LogP contribution is -2.21. The van der Waals surface area contributed by atoms with Crippen LogP contribution in [0, 0.1) is 0 Å². The number of aromatic nitrogens is 4. The molecule has 0 N–H and O–H groups in total. The Morgan fingerprint density at radius 1 is 1.00 bits per heavy atom. The Kier molecular flexibility index (Phi) is 5.67. The summed E-state index contributed by atoms with van der Waals surface area (Å²) in [4.78, 5) is 22.4. The summed E-state index contributed by atoms with van der Waals surface area (Å²) >= 11 is 0. The van der Waals surface area contributed by atoms with Crippen molar-refractivity contribution < 1.29 is 9.05 Å². The van der Waals surface area contributed by atoms with Crippen LogP contribution in [-0.4, -0.2) is 19.4 Å². The summed E-state index contributed by atoms with van der Waals surface area (Å²) in [7, 11) is 0. The SMILES string of the molecule is C=CCC1CCCCc2noc(=O)n21.O=c1onc2n1CCCCC2. The number of hydrogen-bond donors (Lipinski definition) is 0. The van der Waals surface area contributed by atoms with Crippen molar-refractivity contribution in [1.82, 2.24) is 19.4 Å². The molecule has 8 heteroatoms. The van der Waals surface area contributed by atoms with Gasteiger partial charge in [-0.25, -0.2) is 9.59 Å². The predicted octanol–water partition coefficient (Wildman–Crippen LogP) is 2.24. The Morgan fingerprint density at radius 2 is 1.72 bits per heavy atom. The summed E-state index contributed by atoms with van der Waals surface area (Å²) < 4.78 is 12.5. The fourth-order valence-electron chi connectivity index (χ4n) is 3.45. The van der Waals surface area contributed by atoms with E-state index in [-0.39, 0.29) is 17.6 Å². The van der Waals surface area contributed by atoms with Gasteiger partial charge in [-0.1, -0.05) is 29.2 Å². The Bertz CT molecular complexity index is 813. The molecule has 1 unspecified atom stereocenters. The molecule has 0 aliphatic carbocycles. The summed E-state index contributed by atoms with van der Waals surface area (Å²) in [5.74, 6) is 0.975. The molecule has 0 aromatic carbocycles. The lowest BCUT2D eigenvalue weighted by Gasteiger charge is -2.12. The number of rotatable bonds is 2. The van der Waals surface area contributed by atoms with Gasteiger partial charge >= 0.3 is 11.5 Å². The number of aryl methyl sites for hydroxylation is 2. The second-order valence-electron chi connectivity index (χ2n) is 6.49. The van der Waals surface area contributed by atoms with E-state index in [1.807, 2.05) is 6.08 Å². The Labute approximate surface area is 145 Å². The molecule has 4 heterocycles. The van der Waals surface area contributed by atoms with Crippen molar-refractivity contribution in [3.63, 3.8) is 0 Å². The highest BCUT2D eigenvalue weighted by Gasteiger charge is 2.21. The zero-order valence-electron chi connectivity index (χ0n) is 14.4. The maximum Gasteiger partial charge on any atom is 0.441 e. The fourth-order valence-corrected chi connectivity index (χ4v) is 3.45. The van der Waals surface area contributed by atoms with E-state index in [1.54, 1.807) is 9.13 Å². The molecule has 2 aromatic heterocycles. The first-order chi connectivity index (χ1) is 12.2. The highest BCUT2D eigenvalue weighted by molar-refractivity contribution is 4.93. The van der Waals surface area contributed by atoms with Crippen LogP contribution < -0.4 is 11.5 Å². The first-order valence-electron chi connectivity index (χ1n) is 8.94. The van der Waals surface area contributed by atoms with E-state index in [0.717, 1.165) is 69.6 Å². The van der Waals surface area contributed by atoms with Crippen molar-refractivity contribution >= 4 is 0 Å². The van der Waals surface area contributed by atoms with Gasteiger partial charge in [-0.2, -0.15) is 0 Å². The molecule has 0 radical (unpaired) electrons. The summed E-state index contributed by atoms with van der Waals surface area (Å²) in [5.41, 5.74) is 0. The molecule has 0 fully saturated rings. The van der Waals surface area contributed by atoms with Crippen LogP contribution in [-0.2, 0) is 19.4 Å². The molecule has 25 heavy (non-hydrogen) atoms. The molecule has 2 aliphatic heterocycles. The summed E-state index contributed by atoms with van der Waals surface area (Å²) in [6, 6.07) is 0.198. The second kappa shape index (κ2) is 8.13. The van der Waals surface area contributed by atoms with Crippen LogP contribution in [0.1, 0.15) is 62.6 Å². The minimum atomic E-state index is -0.325. The van der Waals surface area contributed by atoms with Crippen LogP contribution in [0.2, 0.25) is 0 Å². The number of nitrogens with zero attached hydrogens (tertiary/aromatic N) is 4. The Balaban J connectivity index is 0.000000150. The van der Waals surface area contributed by atoms with E-state index in [1.165, 1.54) is 6.42 Å². The van der Waals surface area contributed by atoms with Gasteiger partial charge in [-0.3, -0.25) is 18.2 Å². The lowest BCUT2D eigenvalue weighted by molar-refractivity contribution is 0.353. The smallest absolute Gasteiger partial charge is 0.296 e. The van der Waals surface area contributed by atoms with E-state index in [9.17, 15) is 9.59 Å². The number of allylic oxidation sites excluding steroid dienone is 1. The maximum atomic E-state index is 11.4. The molecular formula is C17H24N4O4. The minimum absolute atomic E-state index is 0.198. The Morgan fingerprint density at radius 3 is 2.56 bits per heavy atom. The molecular weight excluding hydrogens is 324 g/mol. The molecule has 0 saturated carbocycles. The van der Waals surface area contributed by atoms with Gasteiger partial charge in [0.05, 0.1) is 0 Å². The standard InChI is InChI=1S/C10H14N2O2.C7H10N2O2/c1-2-5-8-6-3-4-7-9-11-14-10(13)12(8)9;10-7-9-5-3-1-2-4-6(9)8-11-7/h2,8H,1,3-7H2;1-5H2. The molecule has 0 saturated heterocycles. The average Bonchev–Trinajstić information content (AvgIpc) is 2.95. The van der Waals surface area contributed by atoms with E-state index < -0.39 is 0 Å². The zero-order valence-corrected chi connectivity index (χ0v) is 14.4. The van der Waals surface area contributed by atoms with Gasteiger partial charge in [0, 0.05) is 25.4 Å².